The normalized spacial score (nSPS) is 49.6. The van der Waals surface area contributed by atoms with Gasteiger partial charge in [0.2, 0.25) is 11.4 Å². The van der Waals surface area contributed by atoms with Crippen molar-refractivity contribution in [3.8, 4) is 0 Å². The van der Waals surface area contributed by atoms with Gasteiger partial charge in [0, 0.05) is 49.0 Å². The molecule has 1 unspecified atom stereocenters. The Kier molecular flexibility index (Phi) is 5.27. The third kappa shape index (κ3) is 2.76. The van der Waals surface area contributed by atoms with E-state index in [-0.39, 0.29) is 19.4 Å². The van der Waals surface area contributed by atoms with Crippen LogP contribution in [0.3, 0.4) is 0 Å². The molecule has 7 rings (SSSR count). The SMILES string of the molecule is CC(=O)O[C@H]1C(C)(C)[C@@H]2CC(=O)OC[C@@]23C2CC[C@@]4(C)[C@H](c5ccoc5)OC(=O)C[C@@]4(O)[C@@]24C[C@]1(OC(C)=O)[C@]3(O)O4. The number of hydrogen-bond donors (Lipinski definition) is 2. The summed E-state index contributed by atoms with van der Waals surface area (Å²) < 4.78 is 35.6. The van der Waals surface area contributed by atoms with E-state index in [1.54, 1.807) is 6.07 Å². The van der Waals surface area contributed by atoms with E-state index in [0.717, 1.165) is 0 Å². The van der Waals surface area contributed by atoms with Gasteiger partial charge in [0.05, 0.1) is 24.4 Å². The number of rotatable bonds is 3. The van der Waals surface area contributed by atoms with Gasteiger partial charge in [0.25, 0.3) is 0 Å². The number of carbonyl (C=O) groups excluding carboxylic acids is 4. The molecule has 42 heavy (non-hydrogen) atoms. The number of ether oxygens (including phenoxy) is 5. The van der Waals surface area contributed by atoms with E-state index in [2.05, 4.69) is 0 Å². The van der Waals surface area contributed by atoms with Crippen LogP contribution in [0.5, 0.6) is 0 Å². The van der Waals surface area contributed by atoms with E-state index in [0.29, 0.717) is 18.4 Å². The molecule has 2 N–H and O–H groups in total. The number of furan rings is 1. The third-order valence-corrected chi connectivity index (χ3v) is 12.0. The van der Waals surface area contributed by atoms with Gasteiger partial charge < -0.3 is 38.3 Å². The standard InChI is InChI=1S/C30H36O12/c1-15(31)39-23-24(3,4)19-10-20(33)38-14-26(19)18-6-8-25(5)22(17-7-9-37-12-17)40-21(34)11-29(25,35)27(18)13-28(23,41-16(2)32)30(26,36)42-27/h7,9,12,18-19,22-23,35-36H,6,8,10-11,13-14H2,1-5H3/t18?,19-,22-,23-,25-,26+,27+,28+,29-,30+/m0/s1. The molecule has 0 aromatic carbocycles. The van der Waals surface area contributed by atoms with Crippen molar-refractivity contribution < 1.29 is 57.5 Å². The number of esters is 4. The predicted octanol–water partition coefficient (Wildman–Crippen LogP) is 2.10. The van der Waals surface area contributed by atoms with Crippen molar-refractivity contribution in [1.29, 1.82) is 0 Å². The molecule has 2 spiro atoms. The second kappa shape index (κ2) is 7.95. The fourth-order valence-corrected chi connectivity index (χ4v) is 10.6. The molecule has 2 aliphatic carbocycles. The molecule has 2 bridgehead atoms. The Labute approximate surface area is 241 Å². The van der Waals surface area contributed by atoms with Crippen molar-refractivity contribution in [3.05, 3.63) is 24.2 Å². The minimum absolute atomic E-state index is 0.117. The molecule has 6 aliphatic rings. The zero-order valence-electron chi connectivity index (χ0n) is 24.3. The lowest BCUT2D eigenvalue weighted by atomic mass is 9.34. The minimum atomic E-state index is -2.34. The molecule has 6 fully saturated rings. The third-order valence-electron chi connectivity index (χ3n) is 12.0. The number of hydrogen-bond acceptors (Lipinski definition) is 12. The smallest absolute Gasteiger partial charge is 0.309 e. The molecule has 0 amide bonds. The van der Waals surface area contributed by atoms with Gasteiger partial charge in [0.15, 0.2) is 6.10 Å². The summed E-state index contributed by atoms with van der Waals surface area (Å²) in [6.07, 6.45) is 0.690. The zero-order valence-corrected chi connectivity index (χ0v) is 24.3. The summed E-state index contributed by atoms with van der Waals surface area (Å²) in [5.74, 6) is -6.22. The van der Waals surface area contributed by atoms with E-state index in [9.17, 15) is 29.4 Å². The number of cyclic esters (lactones) is 2. The van der Waals surface area contributed by atoms with Crippen LogP contribution in [0.1, 0.15) is 78.4 Å². The highest BCUT2D eigenvalue weighted by molar-refractivity contribution is 5.75. The maximum absolute atomic E-state index is 13.3. The van der Waals surface area contributed by atoms with Gasteiger partial charge in [-0.05, 0) is 24.8 Å². The Morgan fingerprint density at radius 2 is 1.79 bits per heavy atom. The second-order valence-electron chi connectivity index (χ2n) is 14.0. The molecule has 12 heteroatoms. The summed E-state index contributed by atoms with van der Waals surface area (Å²) in [5.41, 5.74) is -8.57. The molecule has 4 saturated heterocycles. The summed E-state index contributed by atoms with van der Waals surface area (Å²) in [4.78, 5) is 51.6. The van der Waals surface area contributed by atoms with Crippen molar-refractivity contribution >= 4 is 23.9 Å². The van der Waals surface area contributed by atoms with Crippen LogP contribution in [0.2, 0.25) is 0 Å². The van der Waals surface area contributed by atoms with Gasteiger partial charge in [-0.3, -0.25) is 19.2 Å². The fraction of sp³-hybridized carbons (Fsp3) is 0.733. The molecule has 2 saturated carbocycles. The van der Waals surface area contributed by atoms with Crippen LogP contribution in [-0.2, 0) is 42.9 Å². The van der Waals surface area contributed by atoms with E-state index < -0.39 is 93.2 Å². The average Bonchev–Trinajstić information content (AvgIpc) is 3.55. The Hall–Kier alpha value is -2.96. The molecule has 4 aliphatic heterocycles. The molecule has 0 radical (unpaired) electrons. The molecule has 12 nitrogen and oxygen atoms in total. The van der Waals surface area contributed by atoms with Crippen LogP contribution in [0.25, 0.3) is 0 Å². The van der Waals surface area contributed by atoms with Crippen molar-refractivity contribution in [2.75, 3.05) is 6.61 Å². The van der Waals surface area contributed by atoms with Crippen molar-refractivity contribution in [3.63, 3.8) is 0 Å². The number of aliphatic hydroxyl groups is 2. The van der Waals surface area contributed by atoms with Crippen LogP contribution in [0, 0.1) is 28.1 Å². The summed E-state index contributed by atoms with van der Waals surface area (Å²) in [5, 5.41) is 26.1. The first-order valence-electron chi connectivity index (χ1n) is 14.4. The van der Waals surface area contributed by atoms with Gasteiger partial charge in [-0.15, -0.1) is 0 Å². The lowest BCUT2D eigenvalue weighted by Crippen LogP contribution is -2.84. The molecular weight excluding hydrogens is 552 g/mol. The second-order valence-corrected chi connectivity index (χ2v) is 14.0. The first-order chi connectivity index (χ1) is 19.5. The summed E-state index contributed by atoms with van der Waals surface area (Å²) in [6.45, 7) is 7.60. The van der Waals surface area contributed by atoms with Crippen molar-refractivity contribution in [2.24, 2.45) is 28.1 Å². The highest BCUT2D eigenvalue weighted by atomic mass is 16.7. The Bertz CT molecular complexity index is 1400. The Morgan fingerprint density at radius 3 is 2.43 bits per heavy atom. The largest absolute Gasteiger partial charge is 0.472 e. The lowest BCUT2D eigenvalue weighted by molar-refractivity contribution is -0.388. The highest BCUT2D eigenvalue weighted by Gasteiger charge is 2.97. The van der Waals surface area contributed by atoms with Gasteiger partial charge in [-0.1, -0.05) is 20.8 Å². The Morgan fingerprint density at radius 1 is 1.05 bits per heavy atom. The van der Waals surface area contributed by atoms with Crippen LogP contribution < -0.4 is 0 Å². The van der Waals surface area contributed by atoms with Crippen molar-refractivity contribution in [2.45, 2.75) is 102 Å². The number of fused-ring (bicyclic) bond motifs is 1. The first kappa shape index (κ1) is 27.8. The predicted molar refractivity (Wildman–Crippen MR) is 137 cm³/mol. The van der Waals surface area contributed by atoms with Crippen molar-refractivity contribution in [1.82, 2.24) is 0 Å². The topological polar surface area (TPSA) is 168 Å². The van der Waals surface area contributed by atoms with E-state index in [1.807, 2.05) is 20.8 Å². The summed E-state index contributed by atoms with van der Waals surface area (Å²) in [7, 11) is 0. The molecule has 228 valence electrons. The van der Waals surface area contributed by atoms with Gasteiger partial charge in [-0.2, -0.15) is 0 Å². The minimum Gasteiger partial charge on any atom is -0.472 e. The van der Waals surface area contributed by atoms with E-state index >= 15 is 0 Å². The van der Waals surface area contributed by atoms with Crippen LogP contribution in [0.4, 0.5) is 0 Å². The molecule has 5 heterocycles. The van der Waals surface area contributed by atoms with Crippen LogP contribution in [0.15, 0.2) is 23.0 Å². The van der Waals surface area contributed by atoms with E-state index in [4.69, 9.17) is 28.1 Å². The van der Waals surface area contributed by atoms with Gasteiger partial charge in [-0.25, -0.2) is 0 Å². The van der Waals surface area contributed by atoms with Crippen LogP contribution in [-0.4, -0.2) is 69.4 Å². The van der Waals surface area contributed by atoms with E-state index in [1.165, 1.54) is 26.4 Å². The lowest BCUT2D eigenvalue weighted by Gasteiger charge is -2.71. The van der Waals surface area contributed by atoms with Gasteiger partial charge in [0.1, 0.15) is 23.9 Å². The maximum atomic E-state index is 13.3. The van der Waals surface area contributed by atoms with Gasteiger partial charge >= 0.3 is 23.9 Å². The first-order valence-corrected chi connectivity index (χ1v) is 14.4. The molecule has 1 aromatic rings. The maximum Gasteiger partial charge on any atom is 0.309 e. The Balaban J connectivity index is 1.51. The molecule has 1 aromatic heterocycles. The summed E-state index contributed by atoms with van der Waals surface area (Å²) >= 11 is 0. The molecule has 10 atom stereocenters. The van der Waals surface area contributed by atoms with Crippen LogP contribution >= 0.6 is 0 Å². The fourth-order valence-electron chi connectivity index (χ4n) is 10.6. The summed E-state index contributed by atoms with van der Waals surface area (Å²) in [6, 6.07) is 1.67. The quantitative estimate of drug-likeness (QED) is 0.390. The highest BCUT2D eigenvalue weighted by Crippen LogP contribution is 2.84. The molecular formula is C30H36O12. The monoisotopic (exact) mass is 588 g/mol. The zero-order chi connectivity index (χ0) is 30.3. The number of carbonyl (C=O) groups is 4. The average molecular weight is 589 g/mol.